The molecule has 0 aromatic heterocycles. The molecule has 0 heterocycles. The molecule has 0 unspecified atom stereocenters. The smallest absolute Gasteiger partial charge is 0.306 e. The minimum atomic E-state index is -0.0736. The zero-order valence-corrected chi connectivity index (χ0v) is 15.8. The molecule has 0 radical (unpaired) electrons. The lowest BCUT2D eigenvalue weighted by Gasteiger charge is -2.20. The van der Waals surface area contributed by atoms with Crippen molar-refractivity contribution in [2.24, 2.45) is 5.92 Å². The number of rotatable bonds is 6. The Morgan fingerprint density at radius 1 is 1.12 bits per heavy atom. The van der Waals surface area contributed by atoms with Gasteiger partial charge in [-0.15, -0.1) is 0 Å². The van der Waals surface area contributed by atoms with Crippen LogP contribution in [0.4, 0.5) is 0 Å². The summed E-state index contributed by atoms with van der Waals surface area (Å²) in [4.78, 5) is 11.2. The van der Waals surface area contributed by atoms with Crippen molar-refractivity contribution in [3.05, 3.63) is 55.1 Å². The summed E-state index contributed by atoms with van der Waals surface area (Å²) in [7, 11) is 1.68. The lowest BCUT2D eigenvalue weighted by molar-refractivity contribution is -0.142. The zero-order valence-electron chi connectivity index (χ0n) is 15.8. The van der Waals surface area contributed by atoms with Crippen LogP contribution in [0.25, 0.3) is 10.8 Å². The molecule has 140 valence electrons. The standard InChI is InChI=1S/C12H20O2.C11H10O/c1-2-10-14-12(13)9-8-11-6-4-3-5-7-11;1-12-11-7-6-9-4-2-3-5-10(9)8-11/h2,11H,1,3-10H2;2-8H,1H3. The molecule has 0 saturated heterocycles. The van der Waals surface area contributed by atoms with Gasteiger partial charge >= 0.3 is 5.97 Å². The quantitative estimate of drug-likeness (QED) is 0.477. The lowest BCUT2D eigenvalue weighted by atomic mass is 9.86. The summed E-state index contributed by atoms with van der Waals surface area (Å²) in [6.45, 7) is 3.86. The Kier molecular flexibility index (Phi) is 8.74. The molecule has 0 bridgehead atoms. The Balaban J connectivity index is 0.000000189. The van der Waals surface area contributed by atoms with Crippen LogP contribution in [0.1, 0.15) is 44.9 Å². The molecule has 3 nitrogen and oxygen atoms in total. The molecule has 0 aliphatic heterocycles. The Hall–Kier alpha value is -2.29. The van der Waals surface area contributed by atoms with E-state index in [2.05, 4.69) is 24.8 Å². The number of benzene rings is 2. The van der Waals surface area contributed by atoms with Gasteiger partial charge in [0.2, 0.25) is 0 Å². The third-order valence-electron chi connectivity index (χ3n) is 4.80. The predicted molar refractivity (Wildman–Crippen MR) is 107 cm³/mol. The Morgan fingerprint density at radius 3 is 2.54 bits per heavy atom. The van der Waals surface area contributed by atoms with E-state index in [1.165, 1.54) is 42.9 Å². The number of esters is 1. The molecule has 1 saturated carbocycles. The molecule has 1 aliphatic rings. The van der Waals surface area contributed by atoms with Crippen LogP contribution in [-0.2, 0) is 9.53 Å². The van der Waals surface area contributed by atoms with Crippen molar-refractivity contribution in [1.82, 2.24) is 0 Å². The van der Waals surface area contributed by atoms with Crippen LogP contribution in [0.5, 0.6) is 5.75 Å². The average Bonchev–Trinajstić information content (AvgIpc) is 2.71. The van der Waals surface area contributed by atoms with Crippen LogP contribution in [-0.4, -0.2) is 19.7 Å². The minimum absolute atomic E-state index is 0.0736. The molecular weight excluding hydrogens is 324 g/mol. The molecule has 3 rings (SSSR count). The molecule has 0 N–H and O–H groups in total. The first-order valence-corrected chi connectivity index (χ1v) is 9.52. The van der Waals surface area contributed by atoms with E-state index in [0.717, 1.165) is 18.1 Å². The molecule has 2 aromatic carbocycles. The number of hydrogen-bond donors (Lipinski definition) is 0. The second-order valence-electron chi connectivity index (χ2n) is 6.73. The van der Waals surface area contributed by atoms with Crippen molar-refractivity contribution in [3.8, 4) is 5.75 Å². The monoisotopic (exact) mass is 354 g/mol. The third-order valence-corrected chi connectivity index (χ3v) is 4.80. The highest BCUT2D eigenvalue weighted by Gasteiger charge is 2.14. The largest absolute Gasteiger partial charge is 0.497 e. The normalized spacial score (nSPS) is 14.2. The minimum Gasteiger partial charge on any atom is -0.497 e. The van der Waals surface area contributed by atoms with E-state index in [4.69, 9.17) is 9.47 Å². The van der Waals surface area contributed by atoms with Gasteiger partial charge in [0.1, 0.15) is 12.4 Å². The van der Waals surface area contributed by atoms with E-state index in [9.17, 15) is 4.79 Å². The van der Waals surface area contributed by atoms with Gasteiger partial charge in [-0.2, -0.15) is 0 Å². The fraction of sp³-hybridized carbons (Fsp3) is 0.435. The highest BCUT2D eigenvalue weighted by molar-refractivity contribution is 5.83. The SMILES string of the molecule is C=CCOC(=O)CCC1CCCCC1.COc1ccc2ccccc2c1. The number of hydrogen-bond acceptors (Lipinski definition) is 3. The summed E-state index contributed by atoms with van der Waals surface area (Å²) in [5.41, 5.74) is 0. The van der Waals surface area contributed by atoms with Crippen molar-refractivity contribution in [2.75, 3.05) is 13.7 Å². The third kappa shape index (κ3) is 6.91. The van der Waals surface area contributed by atoms with E-state index in [1.807, 2.05) is 24.3 Å². The van der Waals surface area contributed by atoms with Crippen LogP contribution in [0.3, 0.4) is 0 Å². The summed E-state index contributed by atoms with van der Waals surface area (Å²) in [5, 5.41) is 2.47. The highest BCUT2D eigenvalue weighted by Crippen LogP contribution is 2.27. The molecule has 3 heteroatoms. The fourth-order valence-electron chi connectivity index (χ4n) is 3.32. The van der Waals surface area contributed by atoms with Crippen molar-refractivity contribution in [2.45, 2.75) is 44.9 Å². The van der Waals surface area contributed by atoms with E-state index in [1.54, 1.807) is 13.2 Å². The molecular formula is C23H30O3. The Morgan fingerprint density at radius 2 is 1.85 bits per heavy atom. The van der Waals surface area contributed by atoms with Crippen LogP contribution in [0.2, 0.25) is 0 Å². The van der Waals surface area contributed by atoms with Gasteiger partial charge in [0.05, 0.1) is 7.11 Å². The Bertz CT molecular complexity index is 687. The second-order valence-corrected chi connectivity index (χ2v) is 6.73. The van der Waals surface area contributed by atoms with Gasteiger partial charge in [0, 0.05) is 6.42 Å². The maximum atomic E-state index is 11.2. The first-order valence-electron chi connectivity index (χ1n) is 9.52. The molecule has 0 spiro atoms. The predicted octanol–water partition coefficient (Wildman–Crippen LogP) is 5.92. The van der Waals surface area contributed by atoms with Gasteiger partial charge in [0.25, 0.3) is 0 Å². The number of carbonyl (C=O) groups excluding carboxylic acids is 1. The van der Waals surface area contributed by atoms with E-state index in [-0.39, 0.29) is 5.97 Å². The molecule has 2 aromatic rings. The lowest BCUT2D eigenvalue weighted by Crippen LogP contribution is -2.10. The summed E-state index contributed by atoms with van der Waals surface area (Å²) < 4.78 is 10.0. The van der Waals surface area contributed by atoms with Crippen molar-refractivity contribution >= 4 is 16.7 Å². The van der Waals surface area contributed by atoms with Crippen LogP contribution < -0.4 is 4.74 Å². The summed E-state index contributed by atoms with van der Waals surface area (Å²) in [6.07, 6.45) is 9.85. The van der Waals surface area contributed by atoms with Gasteiger partial charge in [-0.3, -0.25) is 4.79 Å². The maximum Gasteiger partial charge on any atom is 0.306 e. The topological polar surface area (TPSA) is 35.5 Å². The fourth-order valence-corrected chi connectivity index (χ4v) is 3.32. The summed E-state index contributed by atoms with van der Waals surface area (Å²) >= 11 is 0. The average molecular weight is 354 g/mol. The van der Waals surface area contributed by atoms with Crippen molar-refractivity contribution < 1.29 is 14.3 Å². The Labute approximate surface area is 157 Å². The van der Waals surface area contributed by atoms with E-state index in [0.29, 0.717) is 13.0 Å². The van der Waals surface area contributed by atoms with Crippen LogP contribution in [0.15, 0.2) is 55.1 Å². The van der Waals surface area contributed by atoms with Crippen LogP contribution in [0, 0.1) is 5.92 Å². The van der Waals surface area contributed by atoms with Gasteiger partial charge in [-0.05, 0) is 35.2 Å². The van der Waals surface area contributed by atoms with Gasteiger partial charge in [0.15, 0.2) is 0 Å². The van der Waals surface area contributed by atoms with E-state index >= 15 is 0 Å². The number of carbonyl (C=O) groups is 1. The maximum absolute atomic E-state index is 11.2. The zero-order chi connectivity index (χ0) is 18.6. The molecule has 26 heavy (non-hydrogen) atoms. The number of ether oxygens (including phenoxy) is 2. The van der Waals surface area contributed by atoms with Crippen molar-refractivity contribution in [3.63, 3.8) is 0 Å². The molecule has 0 atom stereocenters. The molecule has 1 fully saturated rings. The van der Waals surface area contributed by atoms with Crippen molar-refractivity contribution in [1.29, 1.82) is 0 Å². The van der Waals surface area contributed by atoms with Gasteiger partial charge in [-0.1, -0.05) is 75.1 Å². The first kappa shape index (κ1) is 20.0. The number of methoxy groups -OCH3 is 1. The molecule has 1 aliphatic carbocycles. The molecule has 0 amide bonds. The second kappa shape index (κ2) is 11.3. The van der Waals surface area contributed by atoms with Gasteiger partial charge < -0.3 is 9.47 Å². The van der Waals surface area contributed by atoms with Gasteiger partial charge in [-0.25, -0.2) is 0 Å². The first-order chi connectivity index (χ1) is 12.7. The summed E-state index contributed by atoms with van der Waals surface area (Å²) in [6, 6.07) is 14.3. The highest BCUT2D eigenvalue weighted by atomic mass is 16.5. The number of fused-ring (bicyclic) bond motifs is 1. The summed E-state index contributed by atoms with van der Waals surface area (Å²) in [5.74, 6) is 1.60. The van der Waals surface area contributed by atoms with E-state index < -0.39 is 0 Å². The van der Waals surface area contributed by atoms with Crippen LogP contribution >= 0.6 is 0 Å².